The molecule has 292 valence electrons. The molecule has 0 bridgehead atoms. The van der Waals surface area contributed by atoms with Crippen LogP contribution in [0.1, 0.15) is 47.2 Å². The quantitative estimate of drug-likeness (QED) is 0.168. The molecule has 1 aromatic heterocycles. The second-order valence-electron chi connectivity index (χ2n) is 17.2. The lowest BCUT2D eigenvalue weighted by molar-refractivity contribution is 0.662. The molecule has 0 saturated heterocycles. The third kappa shape index (κ3) is 5.23. The highest BCUT2D eigenvalue weighted by molar-refractivity contribution is 6.07. The van der Waals surface area contributed by atoms with Gasteiger partial charge >= 0.3 is 0 Å². The van der Waals surface area contributed by atoms with E-state index in [2.05, 4.69) is 226 Å². The summed E-state index contributed by atoms with van der Waals surface area (Å²) in [5.74, 6) is 0.702. The van der Waals surface area contributed by atoms with Crippen molar-refractivity contribution in [2.24, 2.45) is 0 Å². The van der Waals surface area contributed by atoms with Crippen molar-refractivity contribution in [3.63, 3.8) is 0 Å². The van der Waals surface area contributed by atoms with E-state index in [0.29, 0.717) is 5.82 Å². The maximum absolute atomic E-state index is 5.45. The van der Waals surface area contributed by atoms with E-state index in [9.17, 15) is 0 Å². The summed E-state index contributed by atoms with van der Waals surface area (Å²) in [6.07, 6.45) is 0. The van der Waals surface area contributed by atoms with Gasteiger partial charge < -0.3 is 0 Å². The summed E-state index contributed by atoms with van der Waals surface area (Å²) in [6, 6.07) is 79.5. The first-order chi connectivity index (χ1) is 30.5. The van der Waals surface area contributed by atoms with Crippen LogP contribution in [0.5, 0.6) is 0 Å². The minimum Gasteiger partial charge on any atom is -0.228 e. The van der Waals surface area contributed by atoms with Crippen LogP contribution in [-0.2, 0) is 10.8 Å². The molecule has 0 spiro atoms. The summed E-state index contributed by atoms with van der Waals surface area (Å²) in [5, 5.41) is 2.37. The maximum Gasteiger partial charge on any atom is 0.160 e. The summed E-state index contributed by atoms with van der Waals surface area (Å²) >= 11 is 0. The smallest absolute Gasteiger partial charge is 0.160 e. The van der Waals surface area contributed by atoms with Crippen LogP contribution in [0.15, 0.2) is 218 Å². The highest BCUT2D eigenvalue weighted by Crippen LogP contribution is 2.58. The molecule has 2 aliphatic rings. The molecule has 0 amide bonds. The first-order valence-electron chi connectivity index (χ1n) is 21.6. The number of benzene rings is 9. The molecular formula is C60H42N2. The van der Waals surface area contributed by atoms with Crippen LogP contribution in [0.2, 0.25) is 0 Å². The largest absolute Gasteiger partial charge is 0.228 e. The summed E-state index contributed by atoms with van der Waals surface area (Å²) in [6.45, 7) is 4.74. The van der Waals surface area contributed by atoms with E-state index in [1.165, 1.54) is 72.1 Å². The molecule has 62 heavy (non-hydrogen) atoms. The standard InChI is InChI=1S/C60H42N2/c1-59(2)51-33-16-14-28-45(51)48-31-18-30-47(57(48)59)44-36-37-46(43-27-13-12-26-42(43)44)54-38-55(62-58(61-54)39-20-6-3-7-21-39)50-32-19-35-53-56(50)49-29-15-17-34-52(49)60(53,40-22-8-4-9-23-40)41-24-10-5-11-25-41/h3-38H,1-2H3. The van der Waals surface area contributed by atoms with Crippen LogP contribution in [0, 0.1) is 0 Å². The Bertz CT molecular complexity index is 3330. The second-order valence-corrected chi connectivity index (χ2v) is 17.2. The van der Waals surface area contributed by atoms with E-state index in [-0.39, 0.29) is 5.41 Å². The molecule has 10 aromatic rings. The monoisotopic (exact) mass is 790 g/mol. The molecule has 9 aromatic carbocycles. The molecule has 0 unspecified atom stereocenters. The maximum atomic E-state index is 5.45. The Balaban J connectivity index is 1.09. The lowest BCUT2D eigenvalue weighted by Gasteiger charge is -2.33. The zero-order valence-corrected chi connectivity index (χ0v) is 34.7. The fourth-order valence-electron chi connectivity index (χ4n) is 11.0. The van der Waals surface area contributed by atoms with Crippen molar-refractivity contribution in [3.8, 4) is 67.3 Å². The Morgan fingerprint density at radius 1 is 0.339 bits per heavy atom. The number of aromatic nitrogens is 2. The first kappa shape index (κ1) is 36.2. The Morgan fingerprint density at radius 2 is 0.806 bits per heavy atom. The van der Waals surface area contributed by atoms with Crippen molar-refractivity contribution in [2.45, 2.75) is 24.7 Å². The van der Waals surface area contributed by atoms with Crippen molar-refractivity contribution in [2.75, 3.05) is 0 Å². The second kappa shape index (κ2) is 13.9. The number of fused-ring (bicyclic) bond motifs is 7. The summed E-state index contributed by atoms with van der Waals surface area (Å²) in [4.78, 5) is 10.9. The van der Waals surface area contributed by atoms with Crippen molar-refractivity contribution < 1.29 is 0 Å². The molecule has 0 N–H and O–H groups in total. The van der Waals surface area contributed by atoms with E-state index in [1.54, 1.807) is 0 Å². The molecule has 12 rings (SSSR count). The number of hydrogen-bond donors (Lipinski definition) is 0. The Morgan fingerprint density at radius 3 is 1.50 bits per heavy atom. The average Bonchev–Trinajstić information content (AvgIpc) is 3.78. The van der Waals surface area contributed by atoms with Gasteiger partial charge in [0, 0.05) is 22.1 Å². The van der Waals surface area contributed by atoms with Crippen molar-refractivity contribution in [3.05, 3.63) is 252 Å². The van der Waals surface area contributed by atoms with Crippen molar-refractivity contribution >= 4 is 10.8 Å². The van der Waals surface area contributed by atoms with Gasteiger partial charge in [0.1, 0.15) is 0 Å². The predicted octanol–water partition coefficient (Wildman–Crippen LogP) is 15.0. The third-order valence-electron chi connectivity index (χ3n) is 13.6. The van der Waals surface area contributed by atoms with Crippen LogP contribution < -0.4 is 0 Å². The summed E-state index contributed by atoms with van der Waals surface area (Å²) in [7, 11) is 0. The third-order valence-corrected chi connectivity index (χ3v) is 13.6. The average molecular weight is 791 g/mol. The van der Waals surface area contributed by atoms with Gasteiger partial charge in [-0.2, -0.15) is 0 Å². The van der Waals surface area contributed by atoms with Crippen LogP contribution in [0.4, 0.5) is 0 Å². The minimum absolute atomic E-state index is 0.137. The van der Waals surface area contributed by atoms with Gasteiger partial charge in [0.25, 0.3) is 0 Å². The fraction of sp³-hybridized carbons (Fsp3) is 0.0667. The van der Waals surface area contributed by atoms with Gasteiger partial charge in [-0.1, -0.05) is 226 Å². The minimum atomic E-state index is -0.512. The molecule has 1 heterocycles. The highest BCUT2D eigenvalue weighted by Gasteiger charge is 2.47. The molecular weight excluding hydrogens is 749 g/mol. The van der Waals surface area contributed by atoms with Gasteiger partial charge in [-0.25, -0.2) is 9.97 Å². The van der Waals surface area contributed by atoms with E-state index in [0.717, 1.165) is 33.5 Å². The van der Waals surface area contributed by atoms with Gasteiger partial charge in [-0.05, 0) is 83.6 Å². The normalized spacial score (nSPS) is 13.9. The number of rotatable bonds is 6. The van der Waals surface area contributed by atoms with Crippen LogP contribution in [0.3, 0.4) is 0 Å². The lowest BCUT2D eigenvalue weighted by atomic mass is 9.67. The van der Waals surface area contributed by atoms with E-state index >= 15 is 0 Å². The molecule has 0 fully saturated rings. The van der Waals surface area contributed by atoms with E-state index < -0.39 is 5.41 Å². The van der Waals surface area contributed by atoms with Crippen molar-refractivity contribution in [1.82, 2.24) is 9.97 Å². The molecule has 2 nitrogen and oxygen atoms in total. The van der Waals surface area contributed by atoms with E-state index in [1.807, 2.05) is 6.07 Å². The first-order valence-corrected chi connectivity index (χ1v) is 21.6. The van der Waals surface area contributed by atoms with Gasteiger partial charge in [-0.3, -0.25) is 0 Å². The lowest BCUT2D eigenvalue weighted by Crippen LogP contribution is -2.28. The number of hydrogen-bond acceptors (Lipinski definition) is 2. The predicted molar refractivity (Wildman–Crippen MR) is 256 cm³/mol. The zero-order chi connectivity index (χ0) is 41.4. The molecule has 0 radical (unpaired) electrons. The Kier molecular flexibility index (Phi) is 8.14. The highest BCUT2D eigenvalue weighted by atomic mass is 14.9. The van der Waals surface area contributed by atoms with Gasteiger partial charge in [0.15, 0.2) is 5.82 Å². The molecule has 0 saturated carbocycles. The van der Waals surface area contributed by atoms with Crippen LogP contribution in [-0.4, -0.2) is 9.97 Å². The fourth-order valence-corrected chi connectivity index (χ4v) is 11.0. The molecule has 2 aliphatic carbocycles. The molecule has 0 atom stereocenters. The molecule has 2 heteroatoms. The zero-order valence-electron chi connectivity index (χ0n) is 34.7. The Labute approximate surface area is 362 Å². The SMILES string of the molecule is CC1(C)c2ccccc2-c2cccc(-c3ccc(-c4cc(-c5cccc6c5-c5ccccc5C6(c5ccccc5)c5ccccc5)nc(-c5ccccc5)n4)c4ccccc34)c21. The van der Waals surface area contributed by atoms with Crippen LogP contribution >= 0.6 is 0 Å². The van der Waals surface area contributed by atoms with Crippen LogP contribution in [0.25, 0.3) is 78.1 Å². The van der Waals surface area contributed by atoms with Crippen molar-refractivity contribution in [1.29, 1.82) is 0 Å². The summed E-state index contributed by atoms with van der Waals surface area (Å²) in [5.41, 5.74) is 19.7. The van der Waals surface area contributed by atoms with Gasteiger partial charge in [0.2, 0.25) is 0 Å². The van der Waals surface area contributed by atoms with Gasteiger partial charge in [-0.15, -0.1) is 0 Å². The topological polar surface area (TPSA) is 25.8 Å². The van der Waals surface area contributed by atoms with Gasteiger partial charge in [0.05, 0.1) is 16.8 Å². The Hall–Kier alpha value is -7.68. The number of nitrogens with zero attached hydrogens (tertiary/aromatic N) is 2. The summed E-state index contributed by atoms with van der Waals surface area (Å²) < 4.78 is 0. The van der Waals surface area contributed by atoms with E-state index in [4.69, 9.17) is 9.97 Å². The molecule has 0 aliphatic heterocycles.